The van der Waals surface area contributed by atoms with Crippen molar-refractivity contribution in [2.24, 2.45) is 5.92 Å². The van der Waals surface area contributed by atoms with Crippen molar-refractivity contribution in [1.29, 1.82) is 0 Å². The zero-order chi connectivity index (χ0) is 15.4. The van der Waals surface area contributed by atoms with Gasteiger partial charge in [0.15, 0.2) is 6.61 Å². The Bertz CT molecular complexity index is 517. The van der Waals surface area contributed by atoms with Crippen molar-refractivity contribution in [3.05, 3.63) is 29.3 Å². The topological polar surface area (TPSA) is 66.8 Å². The molecule has 0 aliphatic heterocycles. The van der Waals surface area contributed by atoms with Crippen LogP contribution in [0.15, 0.2) is 18.2 Å². The van der Waals surface area contributed by atoms with Gasteiger partial charge < -0.3 is 14.7 Å². The lowest BCUT2D eigenvalue weighted by atomic mass is 10.1. The highest BCUT2D eigenvalue weighted by Crippen LogP contribution is 2.29. The maximum absolute atomic E-state index is 12.2. The number of carbonyl (C=O) groups is 2. The van der Waals surface area contributed by atoms with Crippen LogP contribution in [0.1, 0.15) is 24.0 Å². The normalized spacial score (nSPS) is 13.8. The van der Waals surface area contributed by atoms with Crippen LogP contribution < -0.4 is 4.74 Å². The van der Waals surface area contributed by atoms with E-state index in [9.17, 15) is 9.59 Å². The minimum Gasteiger partial charge on any atom is -0.483 e. The van der Waals surface area contributed by atoms with Crippen LogP contribution in [0.25, 0.3) is 0 Å². The van der Waals surface area contributed by atoms with Crippen LogP contribution in [0.3, 0.4) is 0 Å². The van der Waals surface area contributed by atoms with Crippen LogP contribution in [0.2, 0.25) is 0 Å². The van der Waals surface area contributed by atoms with Crippen molar-refractivity contribution in [1.82, 2.24) is 4.90 Å². The largest absolute Gasteiger partial charge is 0.483 e. The maximum atomic E-state index is 12.2. The first kappa shape index (κ1) is 15.4. The lowest BCUT2D eigenvalue weighted by Crippen LogP contribution is -2.40. The minimum absolute atomic E-state index is 0.119. The van der Waals surface area contributed by atoms with Gasteiger partial charge in [-0.2, -0.15) is 0 Å². The third-order valence-corrected chi connectivity index (χ3v) is 3.60. The summed E-state index contributed by atoms with van der Waals surface area (Å²) in [4.78, 5) is 24.4. The number of aliphatic carboxylic acids is 1. The molecule has 1 aliphatic rings. The van der Waals surface area contributed by atoms with Gasteiger partial charge in [-0.3, -0.25) is 9.59 Å². The van der Waals surface area contributed by atoms with Crippen LogP contribution >= 0.6 is 0 Å². The van der Waals surface area contributed by atoms with Gasteiger partial charge in [0.25, 0.3) is 5.91 Å². The molecule has 1 aromatic carbocycles. The standard InChI is InChI=1S/C16H21NO4/c1-11-4-3-5-12(2)16(11)21-10-14(18)17(9-15(19)20)8-13-6-7-13/h3-5,13H,6-10H2,1-2H3,(H,19,20). The molecule has 21 heavy (non-hydrogen) atoms. The Labute approximate surface area is 124 Å². The van der Waals surface area contributed by atoms with Crippen LogP contribution in [-0.2, 0) is 9.59 Å². The minimum atomic E-state index is -0.990. The molecule has 5 nitrogen and oxygen atoms in total. The molecule has 0 atom stereocenters. The third-order valence-electron chi connectivity index (χ3n) is 3.60. The van der Waals surface area contributed by atoms with Crippen LogP contribution in [0.5, 0.6) is 5.75 Å². The number of carboxylic acid groups (broad SMARTS) is 1. The van der Waals surface area contributed by atoms with Gasteiger partial charge >= 0.3 is 5.97 Å². The van der Waals surface area contributed by atoms with E-state index < -0.39 is 5.97 Å². The molecule has 1 aliphatic carbocycles. The molecule has 0 saturated heterocycles. The number of para-hydroxylation sites is 1. The van der Waals surface area contributed by atoms with E-state index in [0.29, 0.717) is 18.2 Å². The van der Waals surface area contributed by atoms with Crippen molar-refractivity contribution in [2.75, 3.05) is 19.7 Å². The van der Waals surface area contributed by atoms with Crippen LogP contribution in [0, 0.1) is 19.8 Å². The van der Waals surface area contributed by atoms with Crippen molar-refractivity contribution in [3.8, 4) is 5.75 Å². The molecule has 0 radical (unpaired) electrons. The average molecular weight is 291 g/mol. The molecular formula is C16H21NO4. The number of aryl methyl sites for hydroxylation is 2. The fraction of sp³-hybridized carbons (Fsp3) is 0.500. The first-order chi connectivity index (χ1) is 9.97. The number of amides is 1. The Morgan fingerprint density at radius 3 is 2.43 bits per heavy atom. The molecule has 1 amide bonds. The van der Waals surface area contributed by atoms with Gasteiger partial charge in [-0.1, -0.05) is 18.2 Å². The van der Waals surface area contributed by atoms with E-state index in [4.69, 9.17) is 9.84 Å². The first-order valence-corrected chi connectivity index (χ1v) is 7.16. The summed E-state index contributed by atoms with van der Waals surface area (Å²) in [5.74, 6) is -0.107. The number of nitrogens with zero attached hydrogens (tertiary/aromatic N) is 1. The van der Waals surface area contributed by atoms with E-state index in [1.807, 2.05) is 32.0 Å². The van der Waals surface area contributed by atoms with Crippen molar-refractivity contribution in [2.45, 2.75) is 26.7 Å². The zero-order valence-corrected chi connectivity index (χ0v) is 12.5. The molecule has 1 aromatic rings. The number of rotatable bonds is 7. The number of hydrogen-bond acceptors (Lipinski definition) is 3. The highest BCUT2D eigenvalue weighted by atomic mass is 16.5. The molecule has 2 rings (SSSR count). The molecule has 0 aromatic heterocycles. The number of carbonyl (C=O) groups excluding carboxylic acids is 1. The van der Waals surface area contributed by atoms with Crippen LogP contribution in [0.4, 0.5) is 0 Å². The molecule has 5 heteroatoms. The number of ether oxygens (including phenoxy) is 1. The molecule has 1 N–H and O–H groups in total. The summed E-state index contributed by atoms with van der Waals surface area (Å²) in [6.45, 7) is 3.98. The van der Waals surface area contributed by atoms with Crippen molar-refractivity contribution < 1.29 is 19.4 Å². The smallest absolute Gasteiger partial charge is 0.323 e. The Morgan fingerprint density at radius 1 is 1.29 bits per heavy atom. The van der Waals surface area contributed by atoms with Gasteiger partial charge in [0.1, 0.15) is 12.3 Å². The highest BCUT2D eigenvalue weighted by molar-refractivity contribution is 5.82. The zero-order valence-electron chi connectivity index (χ0n) is 12.5. The third kappa shape index (κ3) is 4.48. The molecule has 0 spiro atoms. The SMILES string of the molecule is Cc1cccc(C)c1OCC(=O)N(CC(=O)O)CC1CC1. The monoisotopic (exact) mass is 291 g/mol. The second-order valence-electron chi connectivity index (χ2n) is 5.62. The van der Waals surface area contributed by atoms with Crippen LogP contribution in [-0.4, -0.2) is 41.6 Å². The highest BCUT2D eigenvalue weighted by Gasteiger charge is 2.28. The van der Waals surface area contributed by atoms with Gasteiger partial charge in [0.2, 0.25) is 0 Å². The molecular weight excluding hydrogens is 270 g/mol. The van der Waals surface area contributed by atoms with E-state index in [1.54, 1.807) is 0 Å². The molecule has 1 saturated carbocycles. The maximum Gasteiger partial charge on any atom is 0.323 e. The van der Waals surface area contributed by atoms with Crippen molar-refractivity contribution >= 4 is 11.9 Å². The first-order valence-electron chi connectivity index (χ1n) is 7.16. The number of hydrogen-bond donors (Lipinski definition) is 1. The fourth-order valence-electron chi connectivity index (χ4n) is 2.28. The Kier molecular flexibility index (Phi) is 4.83. The quantitative estimate of drug-likeness (QED) is 0.834. The van der Waals surface area contributed by atoms with Gasteiger partial charge in [-0.25, -0.2) is 0 Å². The lowest BCUT2D eigenvalue weighted by molar-refractivity contribution is -0.145. The predicted molar refractivity (Wildman–Crippen MR) is 78.4 cm³/mol. The molecule has 1 fully saturated rings. The van der Waals surface area contributed by atoms with E-state index in [2.05, 4.69) is 0 Å². The second kappa shape index (κ2) is 6.61. The van der Waals surface area contributed by atoms with E-state index in [-0.39, 0.29) is 19.1 Å². The van der Waals surface area contributed by atoms with E-state index in [0.717, 1.165) is 24.0 Å². The second-order valence-corrected chi connectivity index (χ2v) is 5.62. The summed E-state index contributed by atoms with van der Waals surface area (Å²) in [6.07, 6.45) is 2.14. The van der Waals surface area contributed by atoms with E-state index >= 15 is 0 Å². The summed E-state index contributed by atoms with van der Waals surface area (Å²) in [6, 6.07) is 5.78. The molecule has 0 heterocycles. The number of benzene rings is 1. The van der Waals surface area contributed by atoms with Gasteiger partial charge in [0, 0.05) is 6.54 Å². The van der Waals surface area contributed by atoms with Crippen molar-refractivity contribution in [3.63, 3.8) is 0 Å². The summed E-state index contributed by atoms with van der Waals surface area (Å²) in [7, 11) is 0. The Morgan fingerprint density at radius 2 is 1.90 bits per heavy atom. The van der Waals surface area contributed by atoms with Gasteiger partial charge in [-0.15, -0.1) is 0 Å². The van der Waals surface area contributed by atoms with Gasteiger partial charge in [0.05, 0.1) is 0 Å². The Balaban J connectivity index is 1.96. The summed E-state index contributed by atoms with van der Waals surface area (Å²) in [5.41, 5.74) is 1.93. The number of carboxylic acids is 1. The lowest BCUT2D eigenvalue weighted by Gasteiger charge is -2.21. The summed E-state index contributed by atoms with van der Waals surface area (Å²) < 4.78 is 5.61. The molecule has 0 unspecified atom stereocenters. The van der Waals surface area contributed by atoms with E-state index in [1.165, 1.54) is 4.90 Å². The van der Waals surface area contributed by atoms with Gasteiger partial charge in [-0.05, 0) is 43.7 Å². The summed E-state index contributed by atoms with van der Waals surface area (Å²) in [5, 5.41) is 8.90. The predicted octanol–water partition coefficient (Wildman–Crippen LogP) is 2.01. The molecule has 114 valence electrons. The fourth-order valence-corrected chi connectivity index (χ4v) is 2.28. The average Bonchev–Trinajstić information content (AvgIpc) is 3.20. The molecule has 0 bridgehead atoms. The summed E-state index contributed by atoms with van der Waals surface area (Å²) >= 11 is 0. The Hall–Kier alpha value is -2.04.